The van der Waals surface area contributed by atoms with Crippen LogP contribution < -0.4 is 0 Å². The fraction of sp³-hybridized carbons (Fsp3) is 0.667. The first-order valence-electron chi connectivity index (χ1n) is 7.92. The lowest BCUT2D eigenvalue weighted by Crippen LogP contribution is -2.34. The highest BCUT2D eigenvalue weighted by Gasteiger charge is 2.24. The van der Waals surface area contributed by atoms with E-state index in [0.717, 1.165) is 13.1 Å². The largest absolute Gasteiger partial charge is 0.371 e. The number of ether oxygens (including phenoxy) is 1. The smallest absolute Gasteiger partial charge is 0.240 e. The van der Waals surface area contributed by atoms with Crippen LogP contribution in [0.4, 0.5) is 0 Å². The number of hydrogen-bond acceptors (Lipinski definition) is 6. The van der Waals surface area contributed by atoms with E-state index in [1.165, 1.54) is 18.5 Å². The average molecular weight is 305 g/mol. The molecule has 2 atom stereocenters. The first-order chi connectivity index (χ1) is 10.8. The third-order valence-electron chi connectivity index (χ3n) is 4.09. The maximum absolute atomic E-state index is 5.49. The molecule has 22 heavy (non-hydrogen) atoms. The van der Waals surface area contributed by atoms with E-state index in [4.69, 9.17) is 9.26 Å². The Labute approximate surface area is 130 Å². The minimum atomic E-state index is -0.124. The topological polar surface area (TPSA) is 80.1 Å². The van der Waals surface area contributed by atoms with Gasteiger partial charge in [-0.25, -0.2) is 0 Å². The summed E-state index contributed by atoms with van der Waals surface area (Å²) in [6.45, 7) is 7.28. The maximum atomic E-state index is 5.49. The first kappa shape index (κ1) is 15.2. The molecule has 3 rings (SSSR count). The van der Waals surface area contributed by atoms with Crippen molar-refractivity contribution < 1.29 is 9.26 Å². The quantitative estimate of drug-likeness (QED) is 0.882. The molecule has 2 aromatic heterocycles. The van der Waals surface area contributed by atoms with Gasteiger partial charge in [0.1, 0.15) is 6.10 Å². The van der Waals surface area contributed by atoms with E-state index in [2.05, 4.69) is 31.3 Å². The molecule has 7 nitrogen and oxygen atoms in total. The number of hydrogen-bond donors (Lipinski definition) is 1. The van der Waals surface area contributed by atoms with Crippen molar-refractivity contribution in [2.45, 2.75) is 45.3 Å². The van der Waals surface area contributed by atoms with Crippen molar-refractivity contribution in [3.8, 4) is 0 Å². The van der Waals surface area contributed by atoms with Gasteiger partial charge in [-0.1, -0.05) is 5.16 Å². The molecule has 0 radical (unpaired) electrons. The van der Waals surface area contributed by atoms with Crippen molar-refractivity contribution in [2.24, 2.45) is 0 Å². The van der Waals surface area contributed by atoms with Gasteiger partial charge in [-0.2, -0.15) is 10.1 Å². The lowest BCUT2D eigenvalue weighted by molar-refractivity contribution is 0.0683. The van der Waals surface area contributed by atoms with Gasteiger partial charge in [0.05, 0.1) is 6.54 Å². The SMILES string of the molecule is CCOC(C)c1noc(CN2CCCC(c3ccn[nH]3)C2)n1. The third kappa shape index (κ3) is 3.53. The number of rotatable bonds is 6. The second-order valence-corrected chi connectivity index (χ2v) is 5.73. The molecule has 0 bridgehead atoms. The maximum Gasteiger partial charge on any atom is 0.240 e. The molecule has 7 heteroatoms. The van der Waals surface area contributed by atoms with Gasteiger partial charge in [-0.3, -0.25) is 10.00 Å². The summed E-state index contributed by atoms with van der Waals surface area (Å²) in [5, 5.41) is 11.1. The fourth-order valence-electron chi connectivity index (χ4n) is 2.96. The molecule has 1 N–H and O–H groups in total. The van der Waals surface area contributed by atoms with E-state index in [1.54, 1.807) is 0 Å². The molecule has 0 spiro atoms. The van der Waals surface area contributed by atoms with E-state index in [0.29, 0.717) is 30.8 Å². The molecular formula is C15H23N5O2. The standard InChI is InChI=1S/C15H23N5O2/c1-3-21-11(2)15-17-14(22-19-15)10-20-8-4-5-12(9-20)13-6-7-16-18-13/h6-7,11-12H,3-5,8-10H2,1-2H3,(H,16,18). The molecule has 1 saturated heterocycles. The summed E-state index contributed by atoms with van der Waals surface area (Å²) in [4.78, 5) is 6.80. The molecule has 1 fully saturated rings. The highest BCUT2D eigenvalue weighted by Crippen LogP contribution is 2.26. The number of nitrogens with zero attached hydrogens (tertiary/aromatic N) is 4. The van der Waals surface area contributed by atoms with E-state index in [1.807, 2.05) is 20.0 Å². The average Bonchev–Trinajstić information content (AvgIpc) is 3.19. The minimum absolute atomic E-state index is 0.124. The van der Waals surface area contributed by atoms with Crippen LogP contribution in [0, 0.1) is 0 Å². The van der Waals surface area contributed by atoms with Gasteiger partial charge in [0.25, 0.3) is 0 Å². The summed E-state index contributed by atoms with van der Waals surface area (Å²) in [5.41, 5.74) is 1.21. The van der Waals surface area contributed by atoms with Crippen LogP contribution in [0.5, 0.6) is 0 Å². The highest BCUT2D eigenvalue weighted by atomic mass is 16.5. The molecule has 0 amide bonds. The molecular weight excluding hydrogens is 282 g/mol. The Bertz CT molecular complexity index is 568. The Balaban J connectivity index is 1.58. The second kappa shape index (κ2) is 7.02. The predicted molar refractivity (Wildman–Crippen MR) is 80.2 cm³/mol. The summed E-state index contributed by atoms with van der Waals surface area (Å²) < 4.78 is 10.8. The number of piperidine rings is 1. The van der Waals surface area contributed by atoms with E-state index >= 15 is 0 Å². The van der Waals surface area contributed by atoms with Crippen molar-refractivity contribution in [2.75, 3.05) is 19.7 Å². The highest BCUT2D eigenvalue weighted by molar-refractivity contribution is 5.07. The Hall–Kier alpha value is -1.73. The monoisotopic (exact) mass is 305 g/mol. The van der Waals surface area contributed by atoms with Gasteiger partial charge in [0.15, 0.2) is 5.82 Å². The van der Waals surface area contributed by atoms with Crippen LogP contribution in [0.2, 0.25) is 0 Å². The predicted octanol–water partition coefficient (Wildman–Crippen LogP) is 2.27. The van der Waals surface area contributed by atoms with Gasteiger partial charge in [0.2, 0.25) is 5.89 Å². The van der Waals surface area contributed by atoms with Crippen LogP contribution in [-0.4, -0.2) is 44.9 Å². The lowest BCUT2D eigenvalue weighted by atomic mass is 9.95. The molecule has 2 unspecified atom stereocenters. The van der Waals surface area contributed by atoms with Crippen LogP contribution in [-0.2, 0) is 11.3 Å². The number of likely N-dealkylation sites (tertiary alicyclic amines) is 1. The second-order valence-electron chi connectivity index (χ2n) is 5.73. The molecule has 120 valence electrons. The van der Waals surface area contributed by atoms with Crippen LogP contribution in [0.1, 0.15) is 56.1 Å². The third-order valence-corrected chi connectivity index (χ3v) is 4.09. The zero-order valence-corrected chi connectivity index (χ0v) is 13.2. The minimum Gasteiger partial charge on any atom is -0.371 e. The van der Waals surface area contributed by atoms with Gasteiger partial charge >= 0.3 is 0 Å². The Kier molecular flexibility index (Phi) is 4.84. The molecule has 1 aliphatic heterocycles. The summed E-state index contributed by atoms with van der Waals surface area (Å²) in [7, 11) is 0. The number of aromatic nitrogens is 4. The van der Waals surface area contributed by atoms with Crippen LogP contribution >= 0.6 is 0 Å². The van der Waals surface area contributed by atoms with Gasteiger partial charge in [0, 0.05) is 31.0 Å². The Morgan fingerprint density at radius 2 is 2.45 bits per heavy atom. The molecule has 2 aromatic rings. The van der Waals surface area contributed by atoms with Crippen molar-refractivity contribution in [1.29, 1.82) is 0 Å². The molecule has 3 heterocycles. The molecule has 0 aliphatic carbocycles. The van der Waals surface area contributed by atoms with Gasteiger partial charge < -0.3 is 9.26 Å². The van der Waals surface area contributed by atoms with Crippen molar-refractivity contribution in [1.82, 2.24) is 25.2 Å². The Morgan fingerprint density at radius 1 is 1.55 bits per heavy atom. The van der Waals surface area contributed by atoms with Crippen molar-refractivity contribution in [3.05, 3.63) is 29.7 Å². The zero-order chi connectivity index (χ0) is 15.4. The van der Waals surface area contributed by atoms with Crippen LogP contribution in [0.3, 0.4) is 0 Å². The fourth-order valence-corrected chi connectivity index (χ4v) is 2.96. The zero-order valence-electron chi connectivity index (χ0n) is 13.2. The first-order valence-corrected chi connectivity index (χ1v) is 7.92. The van der Waals surface area contributed by atoms with Crippen molar-refractivity contribution >= 4 is 0 Å². The number of nitrogens with one attached hydrogen (secondary N) is 1. The normalized spacial score (nSPS) is 21.1. The van der Waals surface area contributed by atoms with E-state index < -0.39 is 0 Å². The summed E-state index contributed by atoms with van der Waals surface area (Å²) >= 11 is 0. The number of H-pyrrole nitrogens is 1. The summed E-state index contributed by atoms with van der Waals surface area (Å²) in [6.07, 6.45) is 4.05. The molecule has 0 aromatic carbocycles. The van der Waals surface area contributed by atoms with E-state index in [-0.39, 0.29) is 6.10 Å². The number of aromatic amines is 1. The van der Waals surface area contributed by atoms with E-state index in [9.17, 15) is 0 Å². The van der Waals surface area contributed by atoms with Gasteiger partial charge in [-0.15, -0.1) is 0 Å². The lowest BCUT2D eigenvalue weighted by Gasteiger charge is -2.30. The van der Waals surface area contributed by atoms with Crippen molar-refractivity contribution in [3.63, 3.8) is 0 Å². The van der Waals surface area contributed by atoms with Crippen LogP contribution in [0.15, 0.2) is 16.8 Å². The van der Waals surface area contributed by atoms with Crippen LogP contribution in [0.25, 0.3) is 0 Å². The summed E-state index contributed by atoms with van der Waals surface area (Å²) in [6, 6.07) is 2.06. The van der Waals surface area contributed by atoms with Gasteiger partial charge in [-0.05, 0) is 39.3 Å². The molecule has 0 saturated carbocycles. The summed E-state index contributed by atoms with van der Waals surface area (Å²) in [5.74, 6) is 1.78. The Morgan fingerprint density at radius 3 is 3.23 bits per heavy atom. The molecule has 1 aliphatic rings.